The third kappa shape index (κ3) is 3.74. The van der Waals surface area contributed by atoms with Crippen molar-refractivity contribution in [1.29, 1.82) is 0 Å². The summed E-state index contributed by atoms with van der Waals surface area (Å²) in [5.41, 5.74) is 12.1. The number of nitrogens with zero attached hydrogens (tertiary/aromatic N) is 4. The quantitative estimate of drug-likeness (QED) is 0.705. The van der Waals surface area contributed by atoms with Crippen LogP contribution in [0.2, 0.25) is 0 Å². The van der Waals surface area contributed by atoms with E-state index in [-0.39, 0.29) is 0 Å². The van der Waals surface area contributed by atoms with Gasteiger partial charge in [0.1, 0.15) is 0 Å². The molecule has 0 amide bonds. The van der Waals surface area contributed by atoms with Crippen LogP contribution in [0.4, 0.5) is 0 Å². The van der Waals surface area contributed by atoms with Crippen LogP contribution >= 0.6 is 0 Å². The summed E-state index contributed by atoms with van der Waals surface area (Å²) in [4.78, 5) is 4.59. The maximum atomic E-state index is 6.44. The third-order valence-corrected chi connectivity index (χ3v) is 5.98. The summed E-state index contributed by atoms with van der Waals surface area (Å²) < 4.78 is 7.57. The fraction of sp³-hybridized carbons (Fsp3) is 0.500. The molecule has 1 aliphatic rings. The van der Waals surface area contributed by atoms with Gasteiger partial charge in [0, 0.05) is 12.1 Å². The first-order valence-corrected chi connectivity index (χ1v) is 10.1. The van der Waals surface area contributed by atoms with Gasteiger partial charge in [-0.3, -0.25) is 4.68 Å². The van der Waals surface area contributed by atoms with Gasteiger partial charge in [0.2, 0.25) is 5.89 Å². The molecule has 0 aliphatic heterocycles. The molecule has 0 radical (unpaired) electrons. The number of aryl methyl sites for hydroxylation is 3. The maximum absolute atomic E-state index is 6.44. The first-order chi connectivity index (χ1) is 13.4. The van der Waals surface area contributed by atoms with Crippen molar-refractivity contribution in [3.05, 3.63) is 64.1 Å². The number of nitrogens with two attached hydrogens (primary N) is 1. The second-order valence-electron chi connectivity index (χ2n) is 8.17. The van der Waals surface area contributed by atoms with Crippen LogP contribution in [0.15, 0.2) is 28.8 Å². The SMILES string of the molecule is Cc1ccc(Cn2nc(C)c(CCc3nc(C4(N)CCCC4)no3)c2C)cc1. The Hall–Kier alpha value is -2.47. The molecule has 6 heteroatoms. The van der Waals surface area contributed by atoms with Crippen LogP contribution in [0.25, 0.3) is 0 Å². The molecule has 4 rings (SSSR count). The predicted molar refractivity (Wildman–Crippen MR) is 108 cm³/mol. The van der Waals surface area contributed by atoms with Crippen molar-refractivity contribution in [2.45, 2.75) is 71.4 Å². The molecule has 0 atom stereocenters. The summed E-state index contributed by atoms with van der Waals surface area (Å²) in [5, 5.41) is 8.91. The summed E-state index contributed by atoms with van der Waals surface area (Å²) in [5.74, 6) is 1.33. The average Bonchev–Trinajstić information content (AvgIpc) is 3.38. The molecule has 6 nitrogen and oxygen atoms in total. The highest BCUT2D eigenvalue weighted by atomic mass is 16.5. The summed E-state index contributed by atoms with van der Waals surface area (Å²) in [6.07, 6.45) is 5.70. The van der Waals surface area contributed by atoms with E-state index in [4.69, 9.17) is 15.4 Å². The molecule has 1 aromatic carbocycles. The van der Waals surface area contributed by atoms with Gasteiger partial charge in [0.25, 0.3) is 0 Å². The van der Waals surface area contributed by atoms with Gasteiger partial charge < -0.3 is 10.3 Å². The smallest absolute Gasteiger partial charge is 0.227 e. The summed E-state index contributed by atoms with van der Waals surface area (Å²) in [6, 6.07) is 8.61. The molecule has 0 unspecified atom stereocenters. The molecule has 1 aliphatic carbocycles. The fourth-order valence-electron chi connectivity index (χ4n) is 4.14. The number of hydrogen-bond donors (Lipinski definition) is 1. The van der Waals surface area contributed by atoms with Crippen molar-refractivity contribution in [2.24, 2.45) is 5.73 Å². The van der Waals surface area contributed by atoms with Gasteiger partial charge in [0.15, 0.2) is 5.82 Å². The van der Waals surface area contributed by atoms with E-state index in [2.05, 4.69) is 59.9 Å². The Kier molecular flexibility index (Phi) is 5.06. The van der Waals surface area contributed by atoms with Crippen LogP contribution in [0.5, 0.6) is 0 Å². The molecule has 3 aromatic rings. The predicted octanol–water partition coefficient (Wildman–Crippen LogP) is 3.75. The van der Waals surface area contributed by atoms with Crippen molar-refractivity contribution in [3.63, 3.8) is 0 Å². The largest absolute Gasteiger partial charge is 0.339 e. The van der Waals surface area contributed by atoms with E-state index >= 15 is 0 Å². The third-order valence-electron chi connectivity index (χ3n) is 5.98. The molecule has 1 saturated carbocycles. The average molecular weight is 380 g/mol. The highest BCUT2D eigenvalue weighted by Gasteiger charge is 2.35. The molecule has 0 spiro atoms. The second-order valence-corrected chi connectivity index (χ2v) is 8.17. The highest BCUT2D eigenvalue weighted by molar-refractivity contribution is 5.27. The van der Waals surface area contributed by atoms with E-state index in [1.807, 2.05) is 0 Å². The second kappa shape index (κ2) is 7.51. The first kappa shape index (κ1) is 18.9. The molecule has 2 N–H and O–H groups in total. The zero-order valence-electron chi connectivity index (χ0n) is 17.0. The van der Waals surface area contributed by atoms with E-state index in [1.165, 1.54) is 22.4 Å². The zero-order chi connectivity index (χ0) is 19.7. The number of rotatable bonds is 6. The van der Waals surface area contributed by atoms with Gasteiger partial charge in [0.05, 0.1) is 17.8 Å². The Labute approximate surface area is 166 Å². The lowest BCUT2D eigenvalue weighted by Gasteiger charge is -2.17. The van der Waals surface area contributed by atoms with Gasteiger partial charge in [-0.2, -0.15) is 10.1 Å². The normalized spacial score (nSPS) is 16.0. The van der Waals surface area contributed by atoms with Crippen molar-refractivity contribution in [3.8, 4) is 0 Å². The lowest BCUT2D eigenvalue weighted by molar-refractivity contribution is 0.348. The van der Waals surface area contributed by atoms with E-state index < -0.39 is 5.54 Å². The van der Waals surface area contributed by atoms with Crippen LogP contribution in [-0.2, 0) is 24.9 Å². The molecule has 28 heavy (non-hydrogen) atoms. The zero-order valence-corrected chi connectivity index (χ0v) is 17.0. The van der Waals surface area contributed by atoms with E-state index in [1.54, 1.807) is 0 Å². The fourth-order valence-corrected chi connectivity index (χ4v) is 4.14. The summed E-state index contributed by atoms with van der Waals surface area (Å²) in [7, 11) is 0. The van der Waals surface area contributed by atoms with Crippen molar-refractivity contribution < 1.29 is 4.52 Å². The maximum Gasteiger partial charge on any atom is 0.227 e. The minimum Gasteiger partial charge on any atom is -0.339 e. The Morgan fingerprint density at radius 3 is 2.50 bits per heavy atom. The Morgan fingerprint density at radius 2 is 1.79 bits per heavy atom. The lowest BCUT2D eigenvalue weighted by atomic mass is 9.99. The molecular formula is C22H29N5O. The standard InChI is InChI=1S/C22H29N5O/c1-15-6-8-18(9-7-15)14-27-17(3)19(16(2)25-27)10-11-20-24-21(26-28-20)22(23)12-4-5-13-22/h6-9H,4-5,10-14,23H2,1-3H3. The molecule has 1 fully saturated rings. The van der Waals surface area contributed by atoms with Crippen LogP contribution in [0, 0.1) is 20.8 Å². The van der Waals surface area contributed by atoms with Gasteiger partial charge in [-0.15, -0.1) is 0 Å². The van der Waals surface area contributed by atoms with Crippen molar-refractivity contribution in [2.75, 3.05) is 0 Å². The van der Waals surface area contributed by atoms with Crippen molar-refractivity contribution >= 4 is 0 Å². The van der Waals surface area contributed by atoms with E-state index in [9.17, 15) is 0 Å². The minimum atomic E-state index is -0.396. The molecule has 0 saturated heterocycles. The number of hydrogen-bond acceptors (Lipinski definition) is 5. The summed E-state index contributed by atoms with van der Waals surface area (Å²) in [6.45, 7) is 7.09. The molecule has 148 valence electrons. The Morgan fingerprint density at radius 1 is 1.07 bits per heavy atom. The molecular weight excluding hydrogens is 350 g/mol. The van der Waals surface area contributed by atoms with E-state index in [0.29, 0.717) is 18.1 Å². The Balaban J connectivity index is 1.44. The molecule has 0 bridgehead atoms. The van der Waals surface area contributed by atoms with Crippen molar-refractivity contribution in [1.82, 2.24) is 19.9 Å². The number of aromatic nitrogens is 4. The Bertz CT molecular complexity index is 948. The first-order valence-electron chi connectivity index (χ1n) is 10.1. The van der Waals surface area contributed by atoms with Crippen LogP contribution in [-0.4, -0.2) is 19.9 Å². The minimum absolute atomic E-state index is 0.396. The van der Waals surface area contributed by atoms with Gasteiger partial charge in [-0.05, 0) is 51.2 Å². The number of benzene rings is 1. The lowest BCUT2D eigenvalue weighted by Crippen LogP contribution is -2.34. The van der Waals surface area contributed by atoms with Gasteiger partial charge in [-0.25, -0.2) is 0 Å². The molecule has 2 heterocycles. The van der Waals surface area contributed by atoms with E-state index in [0.717, 1.165) is 44.3 Å². The van der Waals surface area contributed by atoms with Crippen LogP contribution in [0.3, 0.4) is 0 Å². The van der Waals surface area contributed by atoms with Crippen LogP contribution in [0.1, 0.15) is 65.5 Å². The monoisotopic (exact) mass is 379 g/mol. The van der Waals surface area contributed by atoms with Gasteiger partial charge in [-0.1, -0.05) is 47.8 Å². The van der Waals surface area contributed by atoms with Gasteiger partial charge >= 0.3 is 0 Å². The topological polar surface area (TPSA) is 82.8 Å². The highest BCUT2D eigenvalue weighted by Crippen LogP contribution is 2.34. The summed E-state index contributed by atoms with van der Waals surface area (Å²) >= 11 is 0. The molecule has 2 aromatic heterocycles. The van der Waals surface area contributed by atoms with Crippen LogP contribution < -0.4 is 5.73 Å².